The van der Waals surface area contributed by atoms with Gasteiger partial charge in [0.05, 0.1) is 6.61 Å². The third-order valence-electron chi connectivity index (χ3n) is 5.48. The fourth-order valence-electron chi connectivity index (χ4n) is 3.69. The van der Waals surface area contributed by atoms with Gasteiger partial charge in [0.2, 0.25) is 6.10 Å². The molecule has 4 rings (SSSR count). The number of nitriles is 1. The number of hydrogen-bond donors (Lipinski definition) is 0. The molecule has 5 nitrogen and oxygen atoms in total. The van der Waals surface area contributed by atoms with Crippen LogP contribution in [-0.4, -0.2) is 16.9 Å². The highest BCUT2D eigenvalue weighted by Gasteiger charge is 2.73. The van der Waals surface area contributed by atoms with Crippen LogP contribution in [0.25, 0.3) is 0 Å². The van der Waals surface area contributed by atoms with Gasteiger partial charge in [0.1, 0.15) is 33.1 Å². The van der Waals surface area contributed by atoms with Crippen molar-refractivity contribution < 1.29 is 19.0 Å². The molecule has 1 aliphatic rings. The Hall–Kier alpha value is -3.20. The smallest absolute Gasteiger partial charge is 0.321 e. The van der Waals surface area contributed by atoms with Crippen LogP contribution in [0.1, 0.15) is 30.6 Å². The summed E-state index contributed by atoms with van der Waals surface area (Å²) in [5.41, 5.74) is -0.163. The van der Waals surface area contributed by atoms with Crippen LogP contribution in [0.2, 0.25) is 0 Å². The predicted octanol–water partition coefficient (Wildman–Crippen LogP) is 6.50. The Kier molecular flexibility index (Phi) is 6.51. The van der Waals surface area contributed by atoms with Gasteiger partial charge in [0, 0.05) is 12.0 Å². The van der Waals surface area contributed by atoms with Gasteiger partial charge in [-0.05, 0) is 48.9 Å². The van der Waals surface area contributed by atoms with E-state index in [1.807, 2.05) is 43.3 Å². The monoisotopic (exact) mass is 481 g/mol. The number of carbonyl (C=O) groups excluding carboxylic acids is 1. The van der Waals surface area contributed by atoms with Crippen molar-refractivity contribution in [3.63, 3.8) is 0 Å². The van der Waals surface area contributed by atoms with Gasteiger partial charge in [-0.15, -0.1) is 0 Å². The van der Waals surface area contributed by atoms with Gasteiger partial charge in [-0.3, -0.25) is 4.79 Å². The number of esters is 1. The maximum absolute atomic E-state index is 13.3. The summed E-state index contributed by atoms with van der Waals surface area (Å²) in [4.78, 5) is 13.3. The molecule has 0 unspecified atom stereocenters. The Morgan fingerprint density at radius 2 is 1.67 bits per heavy atom. The van der Waals surface area contributed by atoms with Gasteiger partial charge < -0.3 is 14.2 Å². The van der Waals surface area contributed by atoms with Gasteiger partial charge in [0.15, 0.2) is 0 Å². The molecule has 1 saturated carbocycles. The van der Waals surface area contributed by atoms with Crippen molar-refractivity contribution in [2.75, 3.05) is 6.61 Å². The van der Waals surface area contributed by atoms with Gasteiger partial charge in [-0.2, -0.15) is 5.26 Å². The first-order chi connectivity index (χ1) is 15.9. The number of halogens is 2. The summed E-state index contributed by atoms with van der Waals surface area (Å²) < 4.78 is 15.6. The number of alkyl halides is 2. The molecule has 0 aliphatic heterocycles. The van der Waals surface area contributed by atoms with Crippen molar-refractivity contribution in [2.24, 2.45) is 0 Å². The van der Waals surface area contributed by atoms with Gasteiger partial charge in [-0.25, -0.2) is 0 Å². The third kappa shape index (κ3) is 4.64. The lowest BCUT2D eigenvalue weighted by Crippen LogP contribution is -2.30. The zero-order chi connectivity index (χ0) is 23.5. The lowest BCUT2D eigenvalue weighted by molar-refractivity contribution is -0.150. The first-order valence-electron chi connectivity index (χ1n) is 10.4. The normalized spacial score (nSPS) is 19.1. The summed E-state index contributed by atoms with van der Waals surface area (Å²) >= 11 is 12.8. The number of carbonyl (C=O) groups is 1. The van der Waals surface area contributed by atoms with Crippen LogP contribution in [0.3, 0.4) is 0 Å². The number of hydrogen-bond acceptors (Lipinski definition) is 5. The standard InChI is InChI=1S/C26H21Cl2NO4/c1-2-31-20-13-11-19(12-14-20)25(17-26(25,27)28)24(30)33-23(16-29)18-7-6-10-22(15-18)32-21-8-4-3-5-9-21/h3-15,23H,2,17H2,1H3/t23-,25+/m1/s1. The van der Waals surface area contributed by atoms with Crippen molar-refractivity contribution in [3.05, 3.63) is 90.0 Å². The zero-order valence-corrected chi connectivity index (χ0v) is 19.3. The number of para-hydroxylation sites is 1. The zero-order valence-electron chi connectivity index (χ0n) is 17.8. The van der Waals surface area contributed by atoms with E-state index in [2.05, 4.69) is 0 Å². The van der Waals surface area contributed by atoms with Crippen LogP contribution in [0.15, 0.2) is 78.9 Å². The van der Waals surface area contributed by atoms with E-state index >= 15 is 0 Å². The molecule has 2 atom stereocenters. The van der Waals surface area contributed by atoms with Crippen LogP contribution < -0.4 is 9.47 Å². The Morgan fingerprint density at radius 3 is 2.27 bits per heavy atom. The van der Waals surface area contributed by atoms with Crippen molar-refractivity contribution >= 4 is 29.2 Å². The fourth-order valence-corrected chi connectivity index (χ4v) is 4.46. The van der Waals surface area contributed by atoms with Crippen LogP contribution in [-0.2, 0) is 14.9 Å². The number of benzene rings is 3. The summed E-state index contributed by atoms with van der Waals surface area (Å²) in [6.07, 6.45) is -0.966. The molecular formula is C26H21Cl2NO4. The average molecular weight is 482 g/mol. The number of nitrogens with zero attached hydrogens (tertiary/aromatic N) is 1. The Bertz CT molecular complexity index is 1170. The summed E-state index contributed by atoms with van der Waals surface area (Å²) in [6.45, 7) is 2.41. The van der Waals surface area contributed by atoms with E-state index < -0.39 is 21.8 Å². The summed E-state index contributed by atoms with van der Waals surface area (Å²) in [5, 5.41) is 9.74. The second kappa shape index (κ2) is 9.35. The molecule has 0 radical (unpaired) electrons. The maximum Gasteiger partial charge on any atom is 0.321 e. The largest absolute Gasteiger partial charge is 0.494 e. The van der Waals surface area contributed by atoms with E-state index in [0.29, 0.717) is 35.0 Å². The molecule has 3 aromatic rings. The molecule has 0 aromatic heterocycles. The highest BCUT2D eigenvalue weighted by molar-refractivity contribution is 6.54. The van der Waals surface area contributed by atoms with Crippen molar-refractivity contribution in [3.8, 4) is 23.3 Å². The van der Waals surface area contributed by atoms with Crippen molar-refractivity contribution in [1.82, 2.24) is 0 Å². The first-order valence-corrected chi connectivity index (χ1v) is 11.2. The molecule has 0 bridgehead atoms. The molecule has 168 valence electrons. The van der Waals surface area contributed by atoms with E-state index in [-0.39, 0.29) is 6.42 Å². The van der Waals surface area contributed by atoms with E-state index in [0.717, 1.165) is 0 Å². The van der Waals surface area contributed by atoms with Gasteiger partial charge in [0.25, 0.3) is 0 Å². The van der Waals surface area contributed by atoms with E-state index in [9.17, 15) is 10.1 Å². The van der Waals surface area contributed by atoms with E-state index in [1.54, 1.807) is 48.5 Å². The van der Waals surface area contributed by atoms with Crippen LogP contribution in [0.5, 0.6) is 17.2 Å². The minimum Gasteiger partial charge on any atom is -0.494 e. The van der Waals surface area contributed by atoms with Crippen LogP contribution in [0.4, 0.5) is 0 Å². The van der Waals surface area contributed by atoms with Crippen LogP contribution in [0, 0.1) is 11.3 Å². The number of ether oxygens (including phenoxy) is 3. The molecule has 0 spiro atoms. The molecule has 0 N–H and O–H groups in total. The Morgan fingerprint density at radius 1 is 1.00 bits per heavy atom. The molecule has 1 fully saturated rings. The lowest BCUT2D eigenvalue weighted by Gasteiger charge is -2.20. The molecule has 1 aliphatic carbocycles. The minimum atomic E-state index is -1.32. The molecule has 0 amide bonds. The quantitative estimate of drug-likeness (QED) is 0.271. The van der Waals surface area contributed by atoms with Gasteiger partial charge in [-0.1, -0.05) is 65.7 Å². The summed E-state index contributed by atoms with van der Waals surface area (Å²) in [6, 6.07) is 25.1. The summed E-state index contributed by atoms with van der Waals surface area (Å²) in [7, 11) is 0. The number of rotatable bonds is 8. The summed E-state index contributed by atoms with van der Waals surface area (Å²) in [5.74, 6) is 1.19. The predicted molar refractivity (Wildman–Crippen MR) is 126 cm³/mol. The minimum absolute atomic E-state index is 0.186. The third-order valence-corrected chi connectivity index (χ3v) is 6.39. The maximum atomic E-state index is 13.3. The van der Waals surface area contributed by atoms with Gasteiger partial charge >= 0.3 is 5.97 Å². The van der Waals surface area contributed by atoms with Crippen LogP contribution >= 0.6 is 23.2 Å². The Balaban J connectivity index is 1.55. The van der Waals surface area contributed by atoms with E-state index in [1.165, 1.54) is 0 Å². The first kappa shape index (κ1) is 23.0. The lowest BCUT2D eigenvalue weighted by atomic mass is 9.95. The molecule has 7 heteroatoms. The molecule has 0 saturated heterocycles. The van der Waals surface area contributed by atoms with Crippen molar-refractivity contribution in [2.45, 2.75) is 29.2 Å². The molecule has 3 aromatic carbocycles. The Labute approximate surface area is 202 Å². The SMILES string of the molecule is CCOc1ccc([C@]2(C(=O)O[C@H](C#N)c3cccc(Oc4ccccc4)c3)CC2(Cl)Cl)cc1. The van der Waals surface area contributed by atoms with E-state index in [4.69, 9.17) is 37.4 Å². The highest BCUT2D eigenvalue weighted by atomic mass is 35.5. The fraction of sp³-hybridized carbons (Fsp3) is 0.231. The van der Waals surface area contributed by atoms with Crippen molar-refractivity contribution in [1.29, 1.82) is 5.26 Å². The molecule has 33 heavy (non-hydrogen) atoms. The average Bonchev–Trinajstić information content (AvgIpc) is 3.42. The molecular weight excluding hydrogens is 461 g/mol. The highest BCUT2D eigenvalue weighted by Crippen LogP contribution is 2.65. The molecule has 0 heterocycles. The second-order valence-corrected chi connectivity index (χ2v) is 9.13. The topological polar surface area (TPSA) is 68.5 Å². The second-order valence-electron chi connectivity index (χ2n) is 7.65.